The first kappa shape index (κ1) is 46.2. The second kappa shape index (κ2) is 17.1. The van der Waals surface area contributed by atoms with E-state index in [1.165, 1.54) is 196 Å². The lowest BCUT2D eigenvalue weighted by molar-refractivity contribution is 1.37. The molecule has 0 amide bonds. The molecular weight excluding hydrogens is 1040 g/mol. The summed E-state index contributed by atoms with van der Waals surface area (Å²) in [5.74, 6) is 0. The van der Waals surface area contributed by atoms with Crippen LogP contribution in [0.15, 0.2) is 291 Å². The number of fused-ring (bicyclic) bond motifs is 18. The number of aromatic nitrogens is 2. The van der Waals surface area contributed by atoms with Crippen molar-refractivity contribution < 1.29 is 0 Å². The van der Waals surface area contributed by atoms with Crippen molar-refractivity contribution in [3.63, 3.8) is 0 Å². The van der Waals surface area contributed by atoms with Crippen LogP contribution in [0.2, 0.25) is 0 Å². The lowest BCUT2D eigenvalue weighted by Gasteiger charge is -2.22. The maximum absolute atomic E-state index is 2.56. The van der Waals surface area contributed by atoms with E-state index in [-0.39, 0.29) is 0 Å². The van der Waals surface area contributed by atoms with Crippen molar-refractivity contribution >= 4 is 141 Å². The van der Waals surface area contributed by atoms with Crippen molar-refractivity contribution in [2.75, 3.05) is 0 Å². The molecule has 0 aliphatic heterocycles. The minimum atomic E-state index is 1.21. The zero-order valence-electron chi connectivity index (χ0n) is 46.6. The van der Waals surface area contributed by atoms with E-state index in [1.54, 1.807) is 0 Å². The van der Waals surface area contributed by atoms with Crippen molar-refractivity contribution in [1.29, 1.82) is 0 Å². The lowest BCUT2D eigenvalue weighted by atomic mass is 9.81. The Kier molecular flexibility index (Phi) is 9.21. The van der Waals surface area contributed by atoms with Crippen molar-refractivity contribution in [1.82, 2.24) is 8.80 Å². The van der Waals surface area contributed by atoms with Crippen LogP contribution in [0, 0.1) is 0 Å². The highest BCUT2D eigenvalue weighted by molar-refractivity contribution is 6.32. The van der Waals surface area contributed by atoms with E-state index >= 15 is 0 Å². The summed E-state index contributed by atoms with van der Waals surface area (Å²) in [7, 11) is 0. The van der Waals surface area contributed by atoms with Gasteiger partial charge in [0.05, 0.1) is 33.1 Å². The van der Waals surface area contributed by atoms with Crippen molar-refractivity contribution in [3.8, 4) is 55.6 Å². The van der Waals surface area contributed by atoms with Gasteiger partial charge in [-0.1, -0.05) is 267 Å². The molecule has 20 rings (SSSR count). The standard InChI is InChI=1S/C84H48N2/c1-3-23-51-49(19-1)21-9-27-53(51)55-29-11-33-61-73(55)47-74-56(54-28-10-22-50-20-2-4-24-52(50)54)30-12-34-62(74)79(61)80-63-35-13-31-57(65-37-15-41-69-71-43-17-39-67-59-25-5-7-45-77(59)85(81(65)69)83(67)71)75(63)48-76-58(32-14-36-64(76)80)66-38-16-42-70-72-44-18-40-68-60-26-6-8-46-78(60)86(82(66)70)84(68)72/h1-48H. The average Bonchev–Trinajstić information content (AvgIpc) is 1.54. The maximum atomic E-state index is 2.56. The number of hydrogen-bond donors (Lipinski definition) is 0. The monoisotopic (exact) mass is 1080 g/mol. The van der Waals surface area contributed by atoms with E-state index in [4.69, 9.17) is 0 Å². The first-order chi connectivity index (χ1) is 42.7. The Balaban J connectivity index is 0.986. The van der Waals surface area contributed by atoms with Crippen LogP contribution in [-0.2, 0) is 0 Å². The van der Waals surface area contributed by atoms with Crippen LogP contribution in [0.25, 0.3) is 196 Å². The second-order valence-electron chi connectivity index (χ2n) is 23.7. The summed E-state index contributed by atoms with van der Waals surface area (Å²) in [5, 5.41) is 24.9. The van der Waals surface area contributed by atoms with Gasteiger partial charge in [-0.25, -0.2) is 0 Å². The molecule has 0 unspecified atom stereocenters. The van der Waals surface area contributed by atoms with Gasteiger partial charge in [0.2, 0.25) is 0 Å². The molecule has 0 spiro atoms. The minimum Gasteiger partial charge on any atom is -0.307 e. The van der Waals surface area contributed by atoms with Gasteiger partial charge < -0.3 is 8.80 Å². The summed E-state index contributed by atoms with van der Waals surface area (Å²) >= 11 is 0. The third-order valence-electron chi connectivity index (χ3n) is 19.6. The molecule has 2 heteroatoms. The van der Waals surface area contributed by atoms with Crippen molar-refractivity contribution in [2.24, 2.45) is 0 Å². The van der Waals surface area contributed by atoms with Crippen LogP contribution in [0.4, 0.5) is 0 Å². The Morgan fingerprint density at radius 2 is 0.384 bits per heavy atom. The van der Waals surface area contributed by atoms with Gasteiger partial charge in [0.25, 0.3) is 0 Å². The number of nitrogens with zero attached hydrogens (tertiary/aromatic N) is 2. The third kappa shape index (κ3) is 6.04. The summed E-state index contributed by atoms with van der Waals surface area (Å²) in [5.41, 5.74) is 19.7. The van der Waals surface area contributed by atoms with Gasteiger partial charge in [-0.2, -0.15) is 0 Å². The first-order valence-electron chi connectivity index (χ1n) is 30.0. The van der Waals surface area contributed by atoms with Crippen LogP contribution < -0.4 is 0 Å². The Morgan fingerprint density at radius 1 is 0.151 bits per heavy atom. The van der Waals surface area contributed by atoms with Crippen LogP contribution in [0.1, 0.15) is 0 Å². The third-order valence-corrected chi connectivity index (χ3v) is 19.6. The molecule has 394 valence electrons. The molecule has 4 aromatic heterocycles. The van der Waals surface area contributed by atoms with Crippen LogP contribution >= 0.6 is 0 Å². The van der Waals surface area contributed by atoms with E-state index in [9.17, 15) is 0 Å². The summed E-state index contributed by atoms with van der Waals surface area (Å²) in [6.07, 6.45) is 0. The summed E-state index contributed by atoms with van der Waals surface area (Å²) in [4.78, 5) is 0. The maximum Gasteiger partial charge on any atom is 0.0620 e. The number of benzene rings is 16. The Labute approximate surface area is 493 Å². The molecule has 16 aromatic carbocycles. The van der Waals surface area contributed by atoms with Gasteiger partial charge in [0, 0.05) is 54.2 Å². The van der Waals surface area contributed by atoms with Crippen molar-refractivity contribution in [2.45, 2.75) is 0 Å². The Hall–Kier alpha value is -11.3. The number of hydrogen-bond acceptors (Lipinski definition) is 0. The SMILES string of the molecule is c1ccc2c(-c3cccc4c(-c5c6cccc(-c7cccc8c9cccc%10c%11ccccc%11n(c78)c%109)c6cc6c(-c7cccc8c9cccc%10c%11ccccc%11n(c78)c%109)cccc56)c5cccc(-c6cccc7ccccc67)c5cc34)cccc2c1. The highest BCUT2D eigenvalue weighted by Gasteiger charge is 2.27. The summed E-state index contributed by atoms with van der Waals surface area (Å²) in [6, 6.07) is 110. The topological polar surface area (TPSA) is 8.82 Å². The molecule has 20 aromatic rings. The normalized spacial score (nSPS) is 12.4. The van der Waals surface area contributed by atoms with Crippen molar-refractivity contribution in [3.05, 3.63) is 291 Å². The quantitative estimate of drug-likeness (QED) is 0.152. The highest BCUT2D eigenvalue weighted by Crippen LogP contribution is 2.53. The van der Waals surface area contributed by atoms with E-state index in [1.807, 2.05) is 0 Å². The van der Waals surface area contributed by atoms with Gasteiger partial charge >= 0.3 is 0 Å². The zero-order valence-corrected chi connectivity index (χ0v) is 46.6. The summed E-state index contributed by atoms with van der Waals surface area (Å²) < 4.78 is 5.12. The Morgan fingerprint density at radius 3 is 0.767 bits per heavy atom. The molecule has 86 heavy (non-hydrogen) atoms. The first-order valence-corrected chi connectivity index (χ1v) is 30.0. The Bertz CT molecular complexity index is 5940. The molecule has 0 fully saturated rings. The van der Waals surface area contributed by atoms with Gasteiger partial charge in [-0.05, 0) is 133 Å². The van der Waals surface area contributed by atoms with Gasteiger partial charge in [0.1, 0.15) is 0 Å². The molecule has 0 aliphatic rings. The number of para-hydroxylation sites is 6. The van der Waals surface area contributed by atoms with Gasteiger partial charge in [-0.15, -0.1) is 0 Å². The average molecular weight is 1090 g/mol. The van der Waals surface area contributed by atoms with E-state index in [2.05, 4.69) is 300 Å². The minimum absolute atomic E-state index is 1.21. The van der Waals surface area contributed by atoms with E-state index in [0.29, 0.717) is 0 Å². The molecule has 4 heterocycles. The highest BCUT2D eigenvalue weighted by atomic mass is 14.9. The molecule has 0 saturated carbocycles. The molecule has 0 N–H and O–H groups in total. The summed E-state index contributed by atoms with van der Waals surface area (Å²) in [6.45, 7) is 0. The smallest absolute Gasteiger partial charge is 0.0620 e. The molecule has 0 saturated heterocycles. The molecule has 2 nitrogen and oxygen atoms in total. The fourth-order valence-corrected chi connectivity index (χ4v) is 16.1. The predicted octanol–water partition coefficient (Wildman–Crippen LogP) is 23.2. The zero-order chi connectivity index (χ0) is 55.9. The molecule has 0 atom stereocenters. The van der Waals surface area contributed by atoms with E-state index < -0.39 is 0 Å². The molecular formula is C84H48N2. The lowest BCUT2D eigenvalue weighted by Crippen LogP contribution is -1.95. The van der Waals surface area contributed by atoms with E-state index in [0.717, 1.165) is 0 Å². The van der Waals surface area contributed by atoms with Crippen LogP contribution in [0.3, 0.4) is 0 Å². The predicted molar refractivity (Wildman–Crippen MR) is 368 cm³/mol. The second-order valence-corrected chi connectivity index (χ2v) is 23.7. The fourth-order valence-electron chi connectivity index (χ4n) is 16.1. The number of rotatable bonds is 5. The molecule has 0 aliphatic carbocycles. The largest absolute Gasteiger partial charge is 0.307 e. The molecule has 0 bridgehead atoms. The van der Waals surface area contributed by atoms with Gasteiger partial charge in [-0.3, -0.25) is 0 Å². The van der Waals surface area contributed by atoms with Gasteiger partial charge in [0.15, 0.2) is 0 Å². The molecule has 0 radical (unpaired) electrons. The van der Waals surface area contributed by atoms with Crippen LogP contribution in [0.5, 0.6) is 0 Å². The van der Waals surface area contributed by atoms with Crippen LogP contribution in [-0.4, -0.2) is 8.80 Å². The fraction of sp³-hybridized carbons (Fsp3) is 0.